The van der Waals surface area contributed by atoms with Crippen LogP contribution in [0.2, 0.25) is 0 Å². The summed E-state index contributed by atoms with van der Waals surface area (Å²) in [5.74, 6) is 0.990. The van der Waals surface area contributed by atoms with Gasteiger partial charge in [0.1, 0.15) is 0 Å². The summed E-state index contributed by atoms with van der Waals surface area (Å²) in [5.41, 5.74) is 4.31. The van der Waals surface area contributed by atoms with Gasteiger partial charge in [0.15, 0.2) is 11.5 Å². The molecular formula is C29H37N3O3. The molecule has 2 N–H and O–H groups in total. The summed E-state index contributed by atoms with van der Waals surface area (Å²) in [6, 6.07) is 13.8. The molecular weight excluding hydrogens is 438 g/mol. The summed E-state index contributed by atoms with van der Waals surface area (Å²) >= 11 is 0. The number of carbonyl (C=O) groups excluding carboxylic acids is 1. The largest absolute Gasteiger partial charge is 0.490 e. The van der Waals surface area contributed by atoms with Crippen LogP contribution in [0.15, 0.2) is 54.7 Å². The number of amides is 1. The van der Waals surface area contributed by atoms with E-state index in [1.165, 1.54) is 24.0 Å². The van der Waals surface area contributed by atoms with E-state index in [9.17, 15) is 4.79 Å². The molecule has 2 aromatic carbocycles. The van der Waals surface area contributed by atoms with Gasteiger partial charge in [0, 0.05) is 47.5 Å². The molecule has 0 bridgehead atoms. The van der Waals surface area contributed by atoms with E-state index in [2.05, 4.69) is 48.2 Å². The normalized spacial score (nSPS) is 15.0. The zero-order valence-electron chi connectivity index (χ0n) is 21.1. The van der Waals surface area contributed by atoms with E-state index in [1.807, 2.05) is 36.4 Å². The molecule has 1 amide bonds. The maximum atomic E-state index is 12.7. The van der Waals surface area contributed by atoms with Gasteiger partial charge in [-0.1, -0.05) is 44.9 Å². The number of rotatable bonds is 10. The van der Waals surface area contributed by atoms with E-state index in [1.54, 1.807) is 6.07 Å². The number of nitrogens with zero attached hydrogens (tertiary/aromatic N) is 1. The number of anilines is 1. The number of fused-ring (bicyclic) bond motifs is 1. The van der Waals surface area contributed by atoms with Gasteiger partial charge < -0.3 is 14.5 Å². The Morgan fingerprint density at radius 3 is 2.71 bits per heavy atom. The molecule has 1 unspecified atom stereocenters. The van der Waals surface area contributed by atoms with Crippen LogP contribution in [0.3, 0.4) is 0 Å². The van der Waals surface area contributed by atoms with E-state index in [4.69, 9.17) is 9.47 Å². The number of unbranched alkanes of at least 4 members (excludes halogenated alkanes) is 1. The Kier molecular flexibility index (Phi) is 8.48. The van der Waals surface area contributed by atoms with Gasteiger partial charge in [-0.25, -0.2) is 4.79 Å². The zero-order valence-corrected chi connectivity index (χ0v) is 21.1. The highest BCUT2D eigenvalue weighted by Gasteiger charge is 2.19. The van der Waals surface area contributed by atoms with Crippen molar-refractivity contribution in [1.82, 2.24) is 9.88 Å². The third kappa shape index (κ3) is 6.25. The molecule has 0 saturated heterocycles. The van der Waals surface area contributed by atoms with Crippen LogP contribution in [0.1, 0.15) is 58.4 Å². The fraction of sp³-hybridized carbons (Fsp3) is 0.414. The van der Waals surface area contributed by atoms with Crippen molar-refractivity contribution in [2.75, 3.05) is 25.0 Å². The lowest BCUT2D eigenvalue weighted by Crippen LogP contribution is -2.36. The molecule has 6 nitrogen and oxygen atoms in total. The number of carbonyl (C=O) groups is 1. The number of hydrogen-bond acceptors (Lipinski definition) is 4. The van der Waals surface area contributed by atoms with Crippen molar-refractivity contribution in [3.63, 3.8) is 0 Å². The van der Waals surface area contributed by atoms with Crippen LogP contribution in [0, 0.1) is 0 Å². The van der Waals surface area contributed by atoms with Crippen molar-refractivity contribution in [2.24, 2.45) is 0 Å². The summed E-state index contributed by atoms with van der Waals surface area (Å²) in [5, 5.41) is 3.98. The minimum Gasteiger partial charge on any atom is -0.490 e. The van der Waals surface area contributed by atoms with Crippen LogP contribution in [-0.4, -0.2) is 41.7 Å². The quantitative estimate of drug-likeness (QED) is 0.303. The van der Waals surface area contributed by atoms with Crippen LogP contribution in [0.5, 0.6) is 11.5 Å². The van der Waals surface area contributed by atoms with Gasteiger partial charge in [0.25, 0.3) is 0 Å². The second-order valence-corrected chi connectivity index (χ2v) is 9.24. The molecule has 6 heteroatoms. The van der Waals surface area contributed by atoms with Crippen molar-refractivity contribution < 1.29 is 14.3 Å². The summed E-state index contributed by atoms with van der Waals surface area (Å²) < 4.78 is 11.4. The molecule has 4 rings (SSSR count). The lowest BCUT2D eigenvalue weighted by molar-refractivity contribution is 0.211. The van der Waals surface area contributed by atoms with Crippen LogP contribution in [0.25, 0.3) is 16.5 Å². The fourth-order valence-corrected chi connectivity index (χ4v) is 4.62. The average molecular weight is 476 g/mol. The molecule has 1 atom stereocenters. The zero-order chi connectivity index (χ0) is 24.6. The first-order valence-corrected chi connectivity index (χ1v) is 12.8. The standard InChI is InChI=1S/C29H37N3O3/c1-4-6-18-34-27-10-7-8-11-28(27)35-29(33)31-23-12-13-26-24(19-23)25(20-30-26)22-14-16-32(17-15-22)21(3)9-5-2/h7-8,10-14,19-21,30H,4-6,9,15-18H2,1-3H3,(H,31,33). The molecule has 186 valence electrons. The highest BCUT2D eigenvalue weighted by atomic mass is 16.6. The van der Waals surface area contributed by atoms with Crippen LogP contribution in [-0.2, 0) is 0 Å². The number of nitrogens with one attached hydrogen (secondary N) is 2. The summed E-state index contributed by atoms with van der Waals surface area (Å²) in [6.45, 7) is 9.32. The summed E-state index contributed by atoms with van der Waals surface area (Å²) in [4.78, 5) is 18.6. The molecule has 0 fully saturated rings. The first-order chi connectivity index (χ1) is 17.1. The predicted octanol–water partition coefficient (Wildman–Crippen LogP) is 7.24. The Balaban J connectivity index is 1.45. The number of H-pyrrole nitrogens is 1. The molecule has 0 radical (unpaired) electrons. The van der Waals surface area contributed by atoms with Crippen molar-refractivity contribution in [2.45, 2.75) is 58.9 Å². The minimum absolute atomic E-state index is 0.415. The Morgan fingerprint density at radius 2 is 1.97 bits per heavy atom. The molecule has 0 aliphatic carbocycles. The second-order valence-electron chi connectivity index (χ2n) is 9.24. The van der Waals surface area contributed by atoms with Crippen molar-refractivity contribution in [1.29, 1.82) is 0 Å². The molecule has 2 heterocycles. The number of hydrogen-bond donors (Lipinski definition) is 2. The van der Waals surface area contributed by atoms with Gasteiger partial charge in [-0.3, -0.25) is 10.2 Å². The van der Waals surface area contributed by atoms with Crippen molar-refractivity contribution >= 4 is 28.3 Å². The predicted molar refractivity (Wildman–Crippen MR) is 143 cm³/mol. The summed E-state index contributed by atoms with van der Waals surface area (Å²) in [7, 11) is 0. The third-order valence-electron chi connectivity index (χ3n) is 6.65. The molecule has 1 aromatic heterocycles. The molecule has 1 aliphatic heterocycles. The molecule has 3 aromatic rings. The third-order valence-corrected chi connectivity index (χ3v) is 6.65. The van der Waals surface area contributed by atoms with E-state index in [0.29, 0.717) is 29.8 Å². The van der Waals surface area contributed by atoms with Gasteiger partial charge in [0.05, 0.1) is 6.61 Å². The second kappa shape index (κ2) is 11.9. The maximum Gasteiger partial charge on any atom is 0.417 e. The van der Waals surface area contributed by atoms with Gasteiger partial charge >= 0.3 is 6.09 Å². The number of aromatic nitrogens is 1. The molecule has 0 spiro atoms. The minimum atomic E-state index is -0.537. The molecule has 0 saturated carbocycles. The first-order valence-electron chi connectivity index (χ1n) is 12.8. The van der Waals surface area contributed by atoms with E-state index >= 15 is 0 Å². The Morgan fingerprint density at radius 1 is 1.14 bits per heavy atom. The number of benzene rings is 2. The van der Waals surface area contributed by atoms with E-state index in [0.717, 1.165) is 43.3 Å². The van der Waals surface area contributed by atoms with Crippen LogP contribution < -0.4 is 14.8 Å². The maximum absolute atomic E-state index is 12.7. The first kappa shape index (κ1) is 24.9. The molecule has 1 aliphatic rings. The van der Waals surface area contributed by atoms with Crippen LogP contribution in [0.4, 0.5) is 10.5 Å². The number of para-hydroxylation sites is 2. The Bertz CT molecular complexity index is 1170. The van der Waals surface area contributed by atoms with Crippen molar-refractivity contribution in [3.05, 3.63) is 60.3 Å². The van der Waals surface area contributed by atoms with E-state index in [-0.39, 0.29) is 0 Å². The van der Waals surface area contributed by atoms with Gasteiger partial charge in [-0.05, 0) is 62.1 Å². The molecule has 35 heavy (non-hydrogen) atoms. The van der Waals surface area contributed by atoms with Crippen LogP contribution >= 0.6 is 0 Å². The average Bonchev–Trinajstić information content (AvgIpc) is 3.29. The van der Waals surface area contributed by atoms with Gasteiger partial charge in [-0.15, -0.1) is 0 Å². The Hall–Kier alpha value is -3.25. The van der Waals surface area contributed by atoms with Gasteiger partial charge in [0.2, 0.25) is 0 Å². The van der Waals surface area contributed by atoms with Crippen molar-refractivity contribution in [3.8, 4) is 11.5 Å². The SMILES string of the molecule is CCCCOc1ccccc1OC(=O)Nc1ccc2[nH]cc(C3=CCN(C(C)CCC)CC3)c2c1. The smallest absolute Gasteiger partial charge is 0.417 e. The fourth-order valence-electron chi connectivity index (χ4n) is 4.62. The lowest BCUT2D eigenvalue weighted by atomic mass is 9.97. The summed E-state index contributed by atoms with van der Waals surface area (Å²) in [6.07, 6.45) is 9.35. The Labute approximate surface area is 208 Å². The monoisotopic (exact) mass is 475 g/mol. The lowest BCUT2D eigenvalue weighted by Gasteiger charge is -2.31. The topological polar surface area (TPSA) is 66.6 Å². The highest BCUT2D eigenvalue weighted by Crippen LogP contribution is 2.32. The number of aromatic amines is 1. The highest BCUT2D eigenvalue weighted by molar-refractivity contribution is 5.97. The number of ether oxygens (including phenoxy) is 2. The van der Waals surface area contributed by atoms with Gasteiger partial charge in [-0.2, -0.15) is 0 Å². The van der Waals surface area contributed by atoms with E-state index < -0.39 is 6.09 Å².